The molecule has 2 aromatic rings. The molecule has 0 aliphatic heterocycles. The highest BCUT2D eigenvalue weighted by molar-refractivity contribution is 5.97. The number of hydrogen-bond donors (Lipinski definition) is 1. The van der Waals surface area contributed by atoms with Gasteiger partial charge in [0.2, 0.25) is 0 Å². The van der Waals surface area contributed by atoms with Crippen LogP contribution in [0.4, 0.5) is 17.1 Å². The number of hydrogen-bond acceptors (Lipinski definition) is 7. The summed E-state index contributed by atoms with van der Waals surface area (Å²) in [5.74, 6) is -1.61. The molecule has 0 aromatic heterocycles. The molecule has 2 aromatic carbocycles. The maximum Gasteiger partial charge on any atom is 0.338 e. The van der Waals surface area contributed by atoms with Crippen molar-refractivity contribution in [1.29, 1.82) is 0 Å². The fraction of sp³-hybridized carbons (Fsp3) is 0.176. The monoisotopic (exact) mass is 373 g/mol. The lowest BCUT2D eigenvalue weighted by molar-refractivity contribution is -0.384. The van der Waals surface area contributed by atoms with Crippen molar-refractivity contribution in [1.82, 2.24) is 0 Å². The highest BCUT2D eigenvalue weighted by Gasteiger charge is 2.19. The molecule has 140 valence electrons. The largest absolute Gasteiger partial charge is 0.452 e. The third kappa shape index (κ3) is 4.84. The Balaban J connectivity index is 2.02. The van der Waals surface area contributed by atoms with Crippen LogP contribution in [0.3, 0.4) is 0 Å². The SMILES string of the molecule is Cc1cc(NC(=O)COC(=O)c2ccc([N+](=O)[O-])cc2)c([N+](=O)[O-])cc1C. The van der Waals surface area contributed by atoms with E-state index in [0.717, 1.165) is 17.7 Å². The second-order valence-electron chi connectivity index (χ2n) is 5.64. The van der Waals surface area contributed by atoms with E-state index in [0.29, 0.717) is 5.56 Å². The van der Waals surface area contributed by atoms with Crippen molar-refractivity contribution in [2.24, 2.45) is 0 Å². The van der Waals surface area contributed by atoms with E-state index in [-0.39, 0.29) is 22.6 Å². The first kappa shape index (κ1) is 19.5. The lowest BCUT2D eigenvalue weighted by Crippen LogP contribution is -2.21. The Hall–Kier alpha value is -3.82. The predicted octanol–water partition coefficient (Wildman–Crippen LogP) is 2.92. The van der Waals surface area contributed by atoms with Crippen molar-refractivity contribution < 1.29 is 24.2 Å². The lowest BCUT2D eigenvalue weighted by Gasteiger charge is -2.09. The van der Waals surface area contributed by atoms with Gasteiger partial charge in [0.15, 0.2) is 6.61 Å². The van der Waals surface area contributed by atoms with Gasteiger partial charge in [-0.25, -0.2) is 4.79 Å². The molecule has 27 heavy (non-hydrogen) atoms. The maximum atomic E-state index is 12.0. The van der Waals surface area contributed by atoms with E-state index < -0.39 is 28.3 Å². The zero-order valence-corrected chi connectivity index (χ0v) is 14.4. The summed E-state index contributed by atoms with van der Waals surface area (Å²) in [4.78, 5) is 44.3. The maximum absolute atomic E-state index is 12.0. The molecule has 10 nitrogen and oxygen atoms in total. The van der Waals surface area contributed by atoms with Gasteiger partial charge in [0.05, 0.1) is 15.4 Å². The molecule has 2 rings (SSSR count). The molecule has 0 bridgehead atoms. The van der Waals surface area contributed by atoms with E-state index in [2.05, 4.69) is 5.32 Å². The zero-order valence-electron chi connectivity index (χ0n) is 14.4. The van der Waals surface area contributed by atoms with E-state index in [9.17, 15) is 29.8 Å². The van der Waals surface area contributed by atoms with Gasteiger partial charge < -0.3 is 10.1 Å². The van der Waals surface area contributed by atoms with Crippen molar-refractivity contribution in [2.75, 3.05) is 11.9 Å². The van der Waals surface area contributed by atoms with Crippen LogP contribution in [-0.4, -0.2) is 28.3 Å². The van der Waals surface area contributed by atoms with Crippen molar-refractivity contribution in [2.45, 2.75) is 13.8 Å². The Labute approximate surface area is 153 Å². The Kier molecular flexibility index (Phi) is 5.81. The number of carbonyl (C=O) groups is 2. The first-order valence-corrected chi connectivity index (χ1v) is 7.66. The van der Waals surface area contributed by atoms with Gasteiger partial charge in [-0.3, -0.25) is 25.0 Å². The number of benzene rings is 2. The Morgan fingerprint density at radius 2 is 1.59 bits per heavy atom. The third-order valence-electron chi connectivity index (χ3n) is 3.73. The molecule has 0 saturated carbocycles. The van der Waals surface area contributed by atoms with Crippen LogP contribution in [-0.2, 0) is 9.53 Å². The summed E-state index contributed by atoms with van der Waals surface area (Å²) in [7, 11) is 0. The second-order valence-corrected chi connectivity index (χ2v) is 5.64. The van der Waals surface area contributed by atoms with Crippen molar-refractivity contribution in [3.8, 4) is 0 Å². The lowest BCUT2D eigenvalue weighted by atomic mass is 10.1. The van der Waals surface area contributed by atoms with Crippen LogP contribution >= 0.6 is 0 Å². The second kappa shape index (κ2) is 8.04. The minimum Gasteiger partial charge on any atom is -0.452 e. The molecule has 0 unspecified atom stereocenters. The van der Waals surface area contributed by atoms with Gasteiger partial charge in [-0.05, 0) is 43.2 Å². The van der Waals surface area contributed by atoms with Crippen LogP contribution in [0.2, 0.25) is 0 Å². The third-order valence-corrected chi connectivity index (χ3v) is 3.73. The van der Waals surface area contributed by atoms with Gasteiger partial charge >= 0.3 is 5.97 Å². The highest BCUT2D eigenvalue weighted by Crippen LogP contribution is 2.27. The zero-order chi connectivity index (χ0) is 20.1. The first-order valence-electron chi connectivity index (χ1n) is 7.66. The fourth-order valence-electron chi connectivity index (χ4n) is 2.17. The number of nitrogens with zero attached hydrogens (tertiary/aromatic N) is 2. The molecule has 1 N–H and O–H groups in total. The average molecular weight is 373 g/mol. The molecule has 0 spiro atoms. The molecule has 10 heteroatoms. The van der Waals surface area contributed by atoms with E-state index >= 15 is 0 Å². The van der Waals surface area contributed by atoms with Gasteiger partial charge in [0.25, 0.3) is 17.3 Å². The minimum absolute atomic E-state index is 0.000477. The van der Waals surface area contributed by atoms with Crippen LogP contribution in [0.1, 0.15) is 21.5 Å². The number of ether oxygens (including phenoxy) is 1. The van der Waals surface area contributed by atoms with Crippen LogP contribution in [0.5, 0.6) is 0 Å². The molecule has 0 saturated heterocycles. The molecule has 1 amide bonds. The van der Waals surface area contributed by atoms with Crippen LogP contribution < -0.4 is 5.32 Å². The Morgan fingerprint density at radius 1 is 1.00 bits per heavy atom. The molecule has 0 fully saturated rings. The van der Waals surface area contributed by atoms with Crippen LogP contribution in [0.15, 0.2) is 36.4 Å². The summed E-state index contributed by atoms with van der Waals surface area (Å²) < 4.78 is 4.83. The Morgan fingerprint density at radius 3 is 2.15 bits per heavy atom. The number of rotatable bonds is 6. The normalized spacial score (nSPS) is 10.1. The summed E-state index contributed by atoms with van der Waals surface area (Å²) in [6.07, 6.45) is 0. The average Bonchev–Trinajstić information content (AvgIpc) is 2.62. The van der Waals surface area contributed by atoms with E-state index in [1.54, 1.807) is 13.8 Å². The first-order chi connectivity index (χ1) is 12.7. The van der Waals surface area contributed by atoms with E-state index in [4.69, 9.17) is 4.74 Å². The standard InChI is InChI=1S/C17H15N3O7/c1-10-7-14(15(20(25)26)8-11(10)2)18-16(21)9-27-17(22)12-3-5-13(6-4-12)19(23)24/h3-8H,9H2,1-2H3,(H,18,21). The summed E-state index contributed by atoms with van der Waals surface area (Å²) >= 11 is 0. The fourth-order valence-corrected chi connectivity index (χ4v) is 2.17. The smallest absolute Gasteiger partial charge is 0.338 e. The van der Waals surface area contributed by atoms with Crippen molar-refractivity contribution >= 4 is 28.9 Å². The molecule has 0 radical (unpaired) electrons. The van der Waals surface area contributed by atoms with Gasteiger partial charge in [0.1, 0.15) is 5.69 Å². The topological polar surface area (TPSA) is 142 Å². The van der Waals surface area contributed by atoms with Gasteiger partial charge in [-0.2, -0.15) is 0 Å². The number of non-ortho nitro benzene ring substituents is 1. The number of aryl methyl sites for hydroxylation is 2. The number of amides is 1. The van der Waals surface area contributed by atoms with Gasteiger partial charge in [-0.1, -0.05) is 0 Å². The number of esters is 1. The quantitative estimate of drug-likeness (QED) is 0.466. The Bertz CT molecular complexity index is 923. The molecule has 0 heterocycles. The summed E-state index contributed by atoms with van der Waals surface area (Å²) in [5, 5.41) is 24.0. The van der Waals surface area contributed by atoms with Crippen molar-refractivity contribution in [3.63, 3.8) is 0 Å². The van der Waals surface area contributed by atoms with Gasteiger partial charge in [0, 0.05) is 18.2 Å². The van der Waals surface area contributed by atoms with Crippen LogP contribution in [0.25, 0.3) is 0 Å². The molecular weight excluding hydrogens is 358 g/mol. The van der Waals surface area contributed by atoms with Crippen molar-refractivity contribution in [3.05, 3.63) is 73.3 Å². The molecular formula is C17H15N3O7. The number of anilines is 1. The van der Waals surface area contributed by atoms with E-state index in [1.807, 2.05) is 0 Å². The summed E-state index contributed by atoms with van der Waals surface area (Å²) in [5.41, 5.74) is 1.02. The number of nitrogens with one attached hydrogen (secondary N) is 1. The van der Waals surface area contributed by atoms with Crippen LogP contribution in [0, 0.1) is 34.1 Å². The number of carbonyl (C=O) groups excluding carboxylic acids is 2. The predicted molar refractivity (Wildman–Crippen MR) is 94.6 cm³/mol. The molecule has 0 aliphatic rings. The number of nitro benzene ring substituents is 2. The van der Waals surface area contributed by atoms with Gasteiger partial charge in [-0.15, -0.1) is 0 Å². The summed E-state index contributed by atoms with van der Waals surface area (Å²) in [6.45, 7) is 2.78. The highest BCUT2D eigenvalue weighted by atomic mass is 16.6. The van der Waals surface area contributed by atoms with E-state index in [1.165, 1.54) is 24.3 Å². The molecule has 0 aliphatic carbocycles. The minimum atomic E-state index is -0.852. The number of nitro groups is 2. The summed E-state index contributed by atoms with van der Waals surface area (Å²) in [6, 6.07) is 7.47. The molecule has 0 atom stereocenters.